The first-order valence-corrected chi connectivity index (χ1v) is 5.32. The molecule has 0 aliphatic rings. The van der Waals surface area contributed by atoms with Crippen LogP contribution in [0.4, 0.5) is 0 Å². The number of hydrogen-bond donors (Lipinski definition) is 2. The smallest absolute Gasteiger partial charge is 0.225 e. The van der Waals surface area contributed by atoms with Crippen LogP contribution in [0.15, 0.2) is 18.3 Å². The van der Waals surface area contributed by atoms with Gasteiger partial charge in [0.25, 0.3) is 0 Å². The molecule has 0 unspecified atom stereocenters. The lowest BCUT2D eigenvalue weighted by atomic mass is 9.96. The van der Waals surface area contributed by atoms with Crippen LogP contribution in [0.3, 0.4) is 0 Å². The molecule has 1 amide bonds. The predicted octanol–water partition coefficient (Wildman–Crippen LogP) is 1.49. The van der Waals surface area contributed by atoms with Gasteiger partial charge in [-0.25, -0.2) is 4.98 Å². The van der Waals surface area contributed by atoms with Crippen molar-refractivity contribution in [2.75, 3.05) is 6.54 Å². The van der Waals surface area contributed by atoms with E-state index in [4.69, 9.17) is 5.11 Å². The van der Waals surface area contributed by atoms with E-state index in [2.05, 4.69) is 10.3 Å². The Kier molecular flexibility index (Phi) is 3.88. The summed E-state index contributed by atoms with van der Waals surface area (Å²) in [6, 6.07) is 3.34. The van der Waals surface area contributed by atoms with Crippen LogP contribution in [-0.2, 0) is 11.2 Å². The molecule has 0 aromatic carbocycles. The van der Waals surface area contributed by atoms with Crippen LogP contribution in [0.2, 0.25) is 0 Å². The van der Waals surface area contributed by atoms with Gasteiger partial charge in [0.2, 0.25) is 11.8 Å². The molecule has 0 spiro atoms. The number of carbonyl (C=O) groups excluding carboxylic acids is 1. The number of pyridine rings is 1. The summed E-state index contributed by atoms with van der Waals surface area (Å²) in [5.41, 5.74) is 0.639. The Morgan fingerprint density at radius 2 is 2.12 bits per heavy atom. The second-order valence-electron chi connectivity index (χ2n) is 4.78. The van der Waals surface area contributed by atoms with Crippen molar-refractivity contribution >= 4 is 5.91 Å². The molecule has 0 aliphatic heterocycles. The SMILES string of the molecule is CC(C)(C)C(=O)NCCc1ccc(O)nc1. The first-order chi connectivity index (χ1) is 7.39. The van der Waals surface area contributed by atoms with Gasteiger partial charge in [-0.1, -0.05) is 26.8 Å². The fourth-order valence-corrected chi connectivity index (χ4v) is 1.15. The van der Waals surface area contributed by atoms with E-state index in [0.29, 0.717) is 6.54 Å². The van der Waals surface area contributed by atoms with Crippen LogP contribution in [0, 0.1) is 5.41 Å². The Labute approximate surface area is 95.7 Å². The molecule has 4 nitrogen and oxygen atoms in total. The van der Waals surface area contributed by atoms with E-state index >= 15 is 0 Å². The Balaban J connectivity index is 2.36. The Morgan fingerprint density at radius 3 is 2.62 bits per heavy atom. The summed E-state index contributed by atoms with van der Waals surface area (Å²) >= 11 is 0. The standard InChI is InChI=1S/C12H18N2O2/c1-12(2,3)11(16)13-7-6-9-4-5-10(15)14-8-9/h4-5,8H,6-7H2,1-3H3,(H,13,16)(H,14,15). The molecule has 4 heteroatoms. The minimum absolute atomic E-state index is 0.0162. The fourth-order valence-electron chi connectivity index (χ4n) is 1.15. The molecule has 1 heterocycles. The molecule has 0 fully saturated rings. The zero-order valence-corrected chi connectivity index (χ0v) is 9.95. The van der Waals surface area contributed by atoms with E-state index in [1.165, 1.54) is 0 Å². The van der Waals surface area contributed by atoms with Crippen LogP contribution in [0.1, 0.15) is 26.3 Å². The average Bonchev–Trinajstić information content (AvgIpc) is 2.19. The van der Waals surface area contributed by atoms with Crippen LogP contribution in [-0.4, -0.2) is 22.5 Å². The van der Waals surface area contributed by atoms with E-state index in [1.807, 2.05) is 20.8 Å². The number of hydrogen-bond acceptors (Lipinski definition) is 3. The second-order valence-corrected chi connectivity index (χ2v) is 4.78. The maximum absolute atomic E-state index is 11.5. The molecule has 0 atom stereocenters. The number of aromatic nitrogens is 1. The summed E-state index contributed by atoms with van der Waals surface area (Å²) in [5, 5.41) is 11.9. The van der Waals surface area contributed by atoms with Crippen LogP contribution >= 0.6 is 0 Å². The molecule has 88 valence electrons. The van der Waals surface area contributed by atoms with Gasteiger partial charge in [-0.3, -0.25) is 4.79 Å². The predicted molar refractivity (Wildman–Crippen MR) is 62.1 cm³/mol. The Bertz CT molecular complexity index is 352. The third-order valence-corrected chi connectivity index (χ3v) is 2.19. The summed E-state index contributed by atoms with van der Waals surface area (Å²) in [7, 11) is 0. The number of rotatable bonds is 3. The van der Waals surface area contributed by atoms with Crippen LogP contribution in [0.25, 0.3) is 0 Å². The molecule has 0 saturated carbocycles. The van der Waals surface area contributed by atoms with Gasteiger partial charge in [0.15, 0.2) is 0 Å². The van der Waals surface area contributed by atoms with Crippen LogP contribution < -0.4 is 5.32 Å². The highest BCUT2D eigenvalue weighted by atomic mass is 16.3. The fraction of sp³-hybridized carbons (Fsp3) is 0.500. The molecule has 0 bridgehead atoms. The maximum Gasteiger partial charge on any atom is 0.225 e. The summed E-state index contributed by atoms with van der Waals surface area (Å²) in [5.74, 6) is 0.0571. The number of nitrogens with one attached hydrogen (secondary N) is 1. The van der Waals surface area contributed by atoms with E-state index in [9.17, 15) is 4.79 Å². The average molecular weight is 222 g/mol. The van der Waals surface area contributed by atoms with Crippen molar-refractivity contribution in [1.29, 1.82) is 0 Å². The largest absolute Gasteiger partial charge is 0.493 e. The molecule has 1 rings (SSSR count). The quantitative estimate of drug-likeness (QED) is 0.814. The van der Waals surface area contributed by atoms with Gasteiger partial charge in [0.05, 0.1) is 0 Å². The van der Waals surface area contributed by atoms with Crippen molar-refractivity contribution in [3.8, 4) is 5.88 Å². The highest BCUT2D eigenvalue weighted by Crippen LogP contribution is 2.12. The minimum Gasteiger partial charge on any atom is -0.493 e. The van der Waals surface area contributed by atoms with Gasteiger partial charge >= 0.3 is 0 Å². The van der Waals surface area contributed by atoms with E-state index in [1.54, 1.807) is 18.3 Å². The van der Waals surface area contributed by atoms with Gasteiger partial charge < -0.3 is 10.4 Å². The summed E-state index contributed by atoms with van der Waals surface area (Å²) < 4.78 is 0. The molecular formula is C12H18N2O2. The van der Waals surface area contributed by atoms with Crippen LogP contribution in [0.5, 0.6) is 5.88 Å². The van der Waals surface area contributed by atoms with Gasteiger partial charge in [-0.05, 0) is 12.0 Å². The molecular weight excluding hydrogens is 204 g/mol. The van der Waals surface area contributed by atoms with Gasteiger partial charge in [-0.2, -0.15) is 0 Å². The van der Waals surface area contributed by atoms with Gasteiger partial charge in [0, 0.05) is 24.2 Å². The number of aromatic hydroxyl groups is 1. The first-order valence-electron chi connectivity index (χ1n) is 5.32. The first kappa shape index (κ1) is 12.5. The lowest BCUT2D eigenvalue weighted by Gasteiger charge is -2.17. The molecule has 0 aliphatic carbocycles. The van der Waals surface area contributed by atoms with Crippen molar-refractivity contribution in [3.63, 3.8) is 0 Å². The van der Waals surface area contributed by atoms with E-state index in [0.717, 1.165) is 12.0 Å². The van der Waals surface area contributed by atoms with Crippen molar-refractivity contribution in [2.24, 2.45) is 5.41 Å². The minimum atomic E-state index is -0.354. The molecule has 0 saturated heterocycles. The third kappa shape index (κ3) is 3.88. The Morgan fingerprint density at radius 1 is 1.44 bits per heavy atom. The number of carbonyl (C=O) groups is 1. The number of nitrogens with zero attached hydrogens (tertiary/aromatic N) is 1. The zero-order chi connectivity index (χ0) is 12.2. The lowest BCUT2D eigenvalue weighted by molar-refractivity contribution is -0.128. The molecule has 16 heavy (non-hydrogen) atoms. The number of amides is 1. The van der Waals surface area contributed by atoms with E-state index in [-0.39, 0.29) is 17.2 Å². The van der Waals surface area contributed by atoms with Gasteiger partial charge in [-0.15, -0.1) is 0 Å². The van der Waals surface area contributed by atoms with Crippen molar-refractivity contribution in [3.05, 3.63) is 23.9 Å². The third-order valence-electron chi connectivity index (χ3n) is 2.19. The molecule has 0 radical (unpaired) electrons. The normalized spacial score (nSPS) is 11.2. The van der Waals surface area contributed by atoms with Crippen molar-refractivity contribution < 1.29 is 9.90 Å². The summed E-state index contributed by atoms with van der Waals surface area (Å²) in [6.07, 6.45) is 2.33. The maximum atomic E-state index is 11.5. The monoisotopic (exact) mass is 222 g/mol. The highest BCUT2D eigenvalue weighted by Gasteiger charge is 2.20. The van der Waals surface area contributed by atoms with E-state index < -0.39 is 0 Å². The van der Waals surface area contributed by atoms with Gasteiger partial charge in [0.1, 0.15) is 0 Å². The second kappa shape index (κ2) is 4.96. The molecule has 1 aromatic rings. The summed E-state index contributed by atoms with van der Waals surface area (Å²) in [6.45, 7) is 6.22. The molecule has 2 N–H and O–H groups in total. The topological polar surface area (TPSA) is 62.2 Å². The molecule has 1 aromatic heterocycles. The van der Waals surface area contributed by atoms with Crippen molar-refractivity contribution in [1.82, 2.24) is 10.3 Å². The zero-order valence-electron chi connectivity index (χ0n) is 9.95. The highest BCUT2D eigenvalue weighted by molar-refractivity contribution is 5.81. The lowest BCUT2D eigenvalue weighted by Crippen LogP contribution is -2.35. The summed E-state index contributed by atoms with van der Waals surface area (Å²) in [4.78, 5) is 15.3. The Hall–Kier alpha value is -1.58. The van der Waals surface area contributed by atoms with Crippen molar-refractivity contribution in [2.45, 2.75) is 27.2 Å².